The van der Waals surface area contributed by atoms with Gasteiger partial charge in [0.05, 0.1) is 12.8 Å². The third kappa shape index (κ3) is 2.00. The zero-order chi connectivity index (χ0) is 9.68. The molecule has 6 nitrogen and oxygen atoms in total. The van der Waals surface area contributed by atoms with Gasteiger partial charge in [-0.05, 0) is 6.92 Å². The van der Waals surface area contributed by atoms with Crippen LogP contribution in [0.1, 0.15) is 17.4 Å². The molecule has 0 spiro atoms. The van der Waals surface area contributed by atoms with Crippen LogP contribution in [0.2, 0.25) is 0 Å². The third-order valence-corrected chi connectivity index (χ3v) is 1.26. The number of hydrogen-bond donors (Lipinski definition) is 1. The lowest BCUT2D eigenvalue weighted by molar-refractivity contribution is 0.0520. The van der Waals surface area contributed by atoms with Gasteiger partial charge in [0.2, 0.25) is 6.08 Å². The molecule has 0 aliphatic heterocycles. The number of carbonyl (C=O) groups excluding carboxylic acids is 2. The van der Waals surface area contributed by atoms with Gasteiger partial charge in [0, 0.05) is 0 Å². The maximum absolute atomic E-state index is 11.1. The highest BCUT2D eigenvalue weighted by Gasteiger charge is 2.13. The predicted molar refractivity (Wildman–Crippen MR) is 42.3 cm³/mol. The van der Waals surface area contributed by atoms with E-state index >= 15 is 0 Å². The number of rotatable bonds is 3. The normalized spacial score (nSPS) is 9.00. The minimum absolute atomic E-state index is 0.0604. The van der Waals surface area contributed by atoms with Gasteiger partial charge < -0.3 is 4.74 Å². The first kappa shape index (κ1) is 9.15. The fourth-order valence-electron chi connectivity index (χ4n) is 0.767. The summed E-state index contributed by atoms with van der Waals surface area (Å²) in [5, 5.41) is 5.92. The molecule has 0 saturated carbocycles. The first-order valence-corrected chi connectivity index (χ1v) is 3.58. The molecule has 0 aliphatic carbocycles. The van der Waals surface area contributed by atoms with E-state index in [4.69, 9.17) is 0 Å². The van der Waals surface area contributed by atoms with Crippen LogP contribution in [0.25, 0.3) is 0 Å². The molecule has 6 heteroatoms. The average molecular weight is 181 g/mol. The molecule has 0 aromatic carbocycles. The summed E-state index contributed by atoms with van der Waals surface area (Å²) in [7, 11) is 0. The lowest BCUT2D eigenvalue weighted by Crippen LogP contribution is -2.05. The summed E-state index contributed by atoms with van der Waals surface area (Å²) in [4.78, 5) is 24.3. The van der Waals surface area contributed by atoms with E-state index in [1.807, 2.05) is 0 Å². The fourth-order valence-corrected chi connectivity index (χ4v) is 0.767. The van der Waals surface area contributed by atoms with E-state index in [-0.39, 0.29) is 18.0 Å². The molecule has 0 amide bonds. The van der Waals surface area contributed by atoms with E-state index in [0.717, 1.165) is 0 Å². The number of esters is 1. The standard InChI is InChI=1S/C7H7N3O3/c1-2-13-7(12)6-5(8-4-11)3-9-10-6/h3H,2H2,1H3,(H,9,10). The Balaban J connectivity index is 2.93. The molecule has 0 unspecified atom stereocenters. The maximum atomic E-state index is 11.1. The lowest BCUT2D eigenvalue weighted by Gasteiger charge is -1.97. The number of H-pyrrole nitrogens is 1. The molecular formula is C7H7N3O3. The highest BCUT2D eigenvalue weighted by molar-refractivity contribution is 5.92. The predicted octanol–water partition coefficient (Wildman–Crippen LogP) is 0.554. The van der Waals surface area contributed by atoms with Crippen LogP contribution in [0.4, 0.5) is 5.69 Å². The molecule has 68 valence electrons. The molecule has 1 heterocycles. The monoisotopic (exact) mass is 181 g/mol. The van der Waals surface area contributed by atoms with Crippen molar-refractivity contribution in [2.45, 2.75) is 6.92 Å². The van der Waals surface area contributed by atoms with Crippen LogP contribution in [-0.4, -0.2) is 28.9 Å². The molecule has 1 aromatic rings. The van der Waals surface area contributed by atoms with Crippen LogP contribution in [0.3, 0.4) is 0 Å². The Labute approximate surface area is 73.6 Å². The van der Waals surface area contributed by atoms with Crippen LogP contribution in [0.5, 0.6) is 0 Å². The summed E-state index contributed by atoms with van der Waals surface area (Å²) < 4.78 is 4.67. The van der Waals surface area contributed by atoms with Crippen molar-refractivity contribution in [3.05, 3.63) is 11.9 Å². The highest BCUT2D eigenvalue weighted by Crippen LogP contribution is 2.15. The minimum atomic E-state index is -0.589. The number of nitrogens with one attached hydrogen (secondary N) is 1. The van der Waals surface area contributed by atoms with E-state index < -0.39 is 5.97 Å². The first-order chi connectivity index (χ1) is 6.29. The number of nitrogens with zero attached hydrogens (tertiary/aromatic N) is 2. The molecule has 0 aliphatic rings. The van der Waals surface area contributed by atoms with E-state index in [1.54, 1.807) is 6.92 Å². The number of isocyanates is 1. The van der Waals surface area contributed by atoms with E-state index in [9.17, 15) is 9.59 Å². The van der Waals surface area contributed by atoms with Crippen molar-refractivity contribution in [3.8, 4) is 0 Å². The summed E-state index contributed by atoms with van der Waals surface area (Å²) in [6.45, 7) is 1.93. The second-order valence-electron chi connectivity index (χ2n) is 2.05. The number of ether oxygens (including phenoxy) is 1. The summed E-state index contributed by atoms with van der Waals surface area (Å²) >= 11 is 0. The molecule has 0 fully saturated rings. The molecule has 0 atom stereocenters. The molecule has 0 saturated heterocycles. The third-order valence-electron chi connectivity index (χ3n) is 1.26. The van der Waals surface area contributed by atoms with Gasteiger partial charge in [0.15, 0.2) is 5.69 Å². The van der Waals surface area contributed by atoms with Gasteiger partial charge in [-0.2, -0.15) is 10.1 Å². The fraction of sp³-hybridized carbons (Fsp3) is 0.286. The van der Waals surface area contributed by atoms with E-state index in [1.165, 1.54) is 12.3 Å². The largest absolute Gasteiger partial charge is 0.461 e. The number of aliphatic imine (C=N–C) groups is 1. The Morgan fingerprint density at radius 3 is 3.23 bits per heavy atom. The highest BCUT2D eigenvalue weighted by atomic mass is 16.5. The molecular weight excluding hydrogens is 174 g/mol. The molecule has 13 heavy (non-hydrogen) atoms. The number of hydrogen-bond acceptors (Lipinski definition) is 5. The number of carbonyl (C=O) groups is 1. The van der Waals surface area contributed by atoms with E-state index in [0.29, 0.717) is 0 Å². The van der Waals surface area contributed by atoms with Gasteiger partial charge in [-0.15, -0.1) is 0 Å². The van der Waals surface area contributed by atoms with Gasteiger partial charge in [0.25, 0.3) is 0 Å². The molecule has 0 radical (unpaired) electrons. The van der Waals surface area contributed by atoms with Crippen molar-refractivity contribution in [2.75, 3.05) is 6.61 Å². The quantitative estimate of drug-likeness (QED) is 0.419. The van der Waals surface area contributed by atoms with Crippen molar-refractivity contribution < 1.29 is 14.3 Å². The first-order valence-electron chi connectivity index (χ1n) is 3.58. The van der Waals surface area contributed by atoms with Crippen molar-refractivity contribution in [1.82, 2.24) is 10.2 Å². The Morgan fingerprint density at radius 1 is 1.85 bits per heavy atom. The zero-order valence-corrected chi connectivity index (χ0v) is 6.90. The Bertz CT molecular complexity index is 352. The van der Waals surface area contributed by atoms with Gasteiger partial charge >= 0.3 is 5.97 Å². The van der Waals surface area contributed by atoms with Gasteiger partial charge in [-0.1, -0.05) is 0 Å². The molecule has 1 N–H and O–H groups in total. The zero-order valence-electron chi connectivity index (χ0n) is 6.90. The van der Waals surface area contributed by atoms with Crippen LogP contribution in [0.15, 0.2) is 11.2 Å². The Morgan fingerprint density at radius 2 is 2.62 bits per heavy atom. The maximum Gasteiger partial charge on any atom is 0.358 e. The van der Waals surface area contributed by atoms with Gasteiger partial charge in [-0.25, -0.2) is 9.59 Å². The molecule has 1 aromatic heterocycles. The summed E-state index contributed by atoms with van der Waals surface area (Å²) in [6, 6.07) is 0. The topological polar surface area (TPSA) is 84.4 Å². The SMILES string of the molecule is CCOC(=O)c1[nH]ncc1N=C=O. The van der Waals surface area contributed by atoms with Crippen LogP contribution in [-0.2, 0) is 9.53 Å². The van der Waals surface area contributed by atoms with Crippen LogP contribution < -0.4 is 0 Å². The van der Waals surface area contributed by atoms with Crippen molar-refractivity contribution in [1.29, 1.82) is 0 Å². The second kappa shape index (κ2) is 4.18. The van der Waals surface area contributed by atoms with Gasteiger partial charge in [0.1, 0.15) is 5.69 Å². The van der Waals surface area contributed by atoms with Crippen molar-refractivity contribution in [2.24, 2.45) is 4.99 Å². The summed E-state index contributed by atoms with van der Waals surface area (Å²) in [5.74, 6) is -0.589. The molecule has 0 bridgehead atoms. The second-order valence-corrected chi connectivity index (χ2v) is 2.05. The summed E-state index contributed by atoms with van der Waals surface area (Å²) in [5.41, 5.74) is 0.193. The van der Waals surface area contributed by atoms with Crippen LogP contribution >= 0.6 is 0 Å². The Hall–Kier alpha value is -1.94. The number of aromatic amines is 1. The Kier molecular flexibility index (Phi) is 2.94. The van der Waals surface area contributed by atoms with Crippen molar-refractivity contribution >= 4 is 17.7 Å². The van der Waals surface area contributed by atoms with E-state index in [2.05, 4.69) is 19.9 Å². The molecule has 1 rings (SSSR count). The lowest BCUT2D eigenvalue weighted by atomic mass is 10.4. The summed E-state index contributed by atoms with van der Waals surface area (Å²) in [6.07, 6.45) is 2.56. The smallest absolute Gasteiger partial charge is 0.358 e. The minimum Gasteiger partial charge on any atom is -0.461 e. The number of aromatic nitrogens is 2. The van der Waals surface area contributed by atoms with Gasteiger partial charge in [-0.3, -0.25) is 5.10 Å². The van der Waals surface area contributed by atoms with Crippen molar-refractivity contribution in [3.63, 3.8) is 0 Å². The van der Waals surface area contributed by atoms with Crippen LogP contribution in [0, 0.1) is 0 Å². The average Bonchev–Trinajstić information content (AvgIpc) is 2.54.